The van der Waals surface area contributed by atoms with Gasteiger partial charge >= 0.3 is 57.3 Å². The van der Waals surface area contributed by atoms with Crippen LogP contribution >= 0.6 is 15.6 Å². The number of fused-ring (bicyclic) bond motifs is 2. The Morgan fingerprint density at radius 1 is 0.528 bits per heavy atom. The molecule has 0 radical (unpaired) electrons. The van der Waals surface area contributed by atoms with Crippen LogP contribution < -0.4 is 33.7 Å². The zero-order valence-corrected chi connectivity index (χ0v) is 62.1. The maximum absolute atomic E-state index is 15.2. The van der Waals surface area contributed by atoms with E-state index in [0.29, 0.717) is 17.4 Å². The van der Waals surface area contributed by atoms with E-state index in [2.05, 4.69) is 19.4 Å². The summed E-state index contributed by atoms with van der Waals surface area (Å²) in [5.74, 6) is -1.11. The van der Waals surface area contributed by atoms with Gasteiger partial charge in [-0.25, -0.2) is 74.0 Å². The number of hydrogen-bond donors (Lipinski definition) is 6. The summed E-state index contributed by atoms with van der Waals surface area (Å²) in [5.41, 5.74) is -16.1. The van der Waals surface area contributed by atoms with Crippen LogP contribution in [0.1, 0.15) is 121 Å². The van der Waals surface area contributed by atoms with Crippen molar-refractivity contribution in [2.75, 3.05) is 74.1 Å². The topological polar surface area (TPSA) is 531 Å². The van der Waals surface area contributed by atoms with Crippen LogP contribution in [0.2, 0.25) is 0 Å². The molecule has 0 aromatic carbocycles. The molecule has 6 N–H and O–H groups in total. The third-order valence-corrected chi connectivity index (χ3v) is 19.1. The number of carbonyl (C=O) groups excluding carboxylic acids is 4. The number of hydrogen-bond acceptors (Lipinski definition) is 37. The summed E-state index contributed by atoms with van der Waals surface area (Å²) in [7, 11) is -8.40. The highest BCUT2D eigenvalue weighted by atomic mass is 31.2. The second kappa shape index (κ2) is 36.2. The average molecular weight is 1600 g/mol. The van der Waals surface area contributed by atoms with Crippen LogP contribution in [0, 0.1) is 0 Å². The first-order valence-corrected chi connectivity index (χ1v) is 35.8. The summed E-state index contributed by atoms with van der Waals surface area (Å²) in [5, 5.41) is 31.3. The molecule has 610 valence electrons. The summed E-state index contributed by atoms with van der Waals surface area (Å²) in [6, 6.07) is 3.13. The van der Waals surface area contributed by atoms with Crippen molar-refractivity contribution in [3.05, 3.63) is 99.3 Å². The molecule has 6 aliphatic rings. The zero-order valence-electron chi connectivity index (χ0n) is 60.3. The highest BCUT2D eigenvalue weighted by Crippen LogP contribution is 2.61. The monoisotopic (exact) mass is 1600 g/mol. The van der Waals surface area contributed by atoms with E-state index < -0.39 is 248 Å². The Morgan fingerprint density at radius 3 is 1.23 bits per heavy atom. The Morgan fingerprint density at radius 2 is 0.880 bits per heavy atom. The minimum atomic E-state index is -4.91. The molecule has 1 spiro atoms. The fraction of sp³-hybridized carbons (Fsp3) is 0.733. The second-order valence-electron chi connectivity index (χ2n) is 26.3. The molecule has 1 saturated carbocycles. The predicted molar refractivity (Wildman–Crippen MR) is 347 cm³/mol. The number of carbonyl (C=O) groups is 4. The molecule has 3 aromatic rings. The van der Waals surface area contributed by atoms with Gasteiger partial charge in [-0.2, -0.15) is 0 Å². The number of phosphoric acid groups is 2. The Labute approximate surface area is 609 Å². The van der Waals surface area contributed by atoms with E-state index in [4.69, 9.17) is 93.5 Å². The number of halogens is 3. The van der Waals surface area contributed by atoms with Crippen LogP contribution in [-0.2, 0) is 112 Å². The maximum atomic E-state index is 15.2. The first-order chi connectivity index (χ1) is 50.6. The summed E-state index contributed by atoms with van der Waals surface area (Å²) in [4.78, 5) is 124. The SMILES string of the molecule is CC(C)OC(=O)OCOP(=O)(OCOC(=O)OC(C)C)OC[C@@]1(CF)O[C@@H](n2ccc(=O)[nH]c2=O)[C@](C)(O)[C@@H]1O.CC(C)OC(=O)OCOP(=O)(OCOC(=O)OC(C)C)OC[C@@]1(CF)O[C@@H](n2ccc(=O)[nH]c2=O)[C@]2(C)OC3(CCCC3)O[C@H]12.COC1O[C@@H]2[C@](CO)(CF)O[C@@H](n3ccc(=O)[nH]c3=O)[C@]2(C)O1. The zero-order chi connectivity index (χ0) is 80.2. The highest BCUT2D eigenvalue weighted by Gasteiger charge is 2.73. The lowest BCUT2D eigenvalue weighted by Crippen LogP contribution is -2.53. The number of aromatic nitrogens is 6. The lowest BCUT2D eigenvalue weighted by atomic mass is 9.88. The van der Waals surface area contributed by atoms with Crippen molar-refractivity contribution in [3.63, 3.8) is 0 Å². The van der Waals surface area contributed by atoms with Gasteiger partial charge < -0.3 is 91.1 Å². The smallest absolute Gasteiger partial charge is 0.432 e. The summed E-state index contributed by atoms with van der Waals surface area (Å²) in [6.45, 7) is 4.69. The van der Waals surface area contributed by atoms with E-state index in [-0.39, 0.29) is 0 Å². The largest absolute Gasteiger partial charge is 0.510 e. The number of H-pyrrole nitrogens is 3. The number of nitrogens with zero attached hydrogens (tertiary/aromatic N) is 3. The van der Waals surface area contributed by atoms with E-state index in [1.54, 1.807) is 41.5 Å². The van der Waals surface area contributed by atoms with Crippen molar-refractivity contribution in [2.45, 2.75) is 209 Å². The Kier molecular flexibility index (Phi) is 29.5. The lowest BCUT2D eigenvalue weighted by molar-refractivity contribution is -0.283. The lowest BCUT2D eigenvalue weighted by Gasteiger charge is -2.34. The first-order valence-electron chi connectivity index (χ1n) is 32.9. The fourth-order valence-corrected chi connectivity index (χ4v) is 13.7. The molecule has 13 atom stereocenters. The van der Waals surface area contributed by atoms with Crippen LogP contribution in [0.5, 0.6) is 0 Å². The molecular weight excluding hydrogens is 1520 g/mol. The summed E-state index contributed by atoms with van der Waals surface area (Å²) < 4.78 is 187. The average Bonchev–Trinajstić information content (AvgIpc) is 1.43. The van der Waals surface area contributed by atoms with Crippen molar-refractivity contribution in [1.82, 2.24) is 28.7 Å². The molecule has 3 aromatic heterocycles. The molecular formula is C60H87F3N6O37P2. The van der Waals surface area contributed by atoms with E-state index >= 15 is 4.39 Å². The van der Waals surface area contributed by atoms with Crippen LogP contribution in [-0.4, -0.2) is 231 Å². The van der Waals surface area contributed by atoms with Crippen molar-refractivity contribution >= 4 is 40.3 Å². The molecule has 43 nitrogen and oxygen atoms in total. The number of nitrogens with one attached hydrogen (secondary N) is 3. The van der Waals surface area contributed by atoms with Crippen molar-refractivity contribution in [1.29, 1.82) is 0 Å². The Hall–Kier alpha value is -7.31. The minimum absolute atomic E-state index is 0.480. The number of methoxy groups -OCH3 is 1. The molecule has 108 heavy (non-hydrogen) atoms. The quantitative estimate of drug-likeness (QED) is 0.0241. The first kappa shape index (κ1) is 87.9. The van der Waals surface area contributed by atoms with E-state index in [1.165, 1.54) is 47.2 Å². The normalized spacial score (nSPS) is 28.9. The van der Waals surface area contributed by atoms with E-state index in [1.807, 2.05) is 4.98 Å². The van der Waals surface area contributed by atoms with Crippen LogP contribution in [0.25, 0.3) is 0 Å². The number of ether oxygens (including phenoxy) is 16. The number of aliphatic hydroxyl groups is 3. The molecule has 1 unspecified atom stereocenters. The summed E-state index contributed by atoms with van der Waals surface area (Å²) in [6.07, 6.45) is -9.68. The van der Waals surface area contributed by atoms with E-state index in [0.717, 1.165) is 53.3 Å². The van der Waals surface area contributed by atoms with Crippen LogP contribution in [0.3, 0.4) is 0 Å². The third kappa shape index (κ3) is 20.6. The number of aliphatic hydroxyl groups excluding tert-OH is 2. The molecule has 5 aliphatic heterocycles. The van der Waals surface area contributed by atoms with Gasteiger partial charge in [0.15, 0.2) is 41.3 Å². The maximum Gasteiger partial charge on any atom is 0.510 e. The van der Waals surface area contributed by atoms with Crippen LogP contribution in [0.15, 0.2) is 65.6 Å². The molecule has 48 heteroatoms. The van der Waals surface area contributed by atoms with Gasteiger partial charge in [0.2, 0.25) is 27.2 Å². The number of phosphoric ester groups is 2. The van der Waals surface area contributed by atoms with Gasteiger partial charge in [0, 0.05) is 56.7 Å². The van der Waals surface area contributed by atoms with Gasteiger partial charge in [-0.1, -0.05) is 0 Å². The molecule has 0 bridgehead atoms. The van der Waals surface area contributed by atoms with Crippen molar-refractivity contribution < 1.29 is 160 Å². The van der Waals surface area contributed by atoms with Gasteiger partial charge in [-0.15, -0.1) is 0 Å². The molecule has 5 saturated heterocycles. The standard InChI is InChI=1S/C26H38FN2O15P.C21H32FN2O15P.C13H17FN2O7/c1-16(2)40-22(32)35-14-38-45(34,39-15-36-23(33)41-17(3)4)37-13-25(12-27)19-24(5,44-26(42-19)9-6-7-10-26)20(43-25)29-11-8-18(30)28-21(29)31;1-12(2)37-18(28)32-10-35-40(31,36-11-33-19(29)38-13(3)4)34-9-21(8-22)15(26)20(5,30)16(39-21)24-7-6-14(25)23-17(24)27;1-12-8(21-11(20-2)23-12)13(5-14,6-17)22-9(12)16-4-3-7(18)15-10(16)19/h8,11,16-17,19-20H,6-7,9-10,12-15H2,1-5H3,(H,28,30,31);6-7,12-13,15-16,26,30H,8-11H2,1-5H3,(H,23,25,27);3-4,8-9,11,17H,5-6H2,1-2H3,(H,15,18,19)/t19-,20+,24+,25+;15-,16+,20+,21+;8-,9+,11?,12+,13+/m000/s1. The second-order valence-corrected chi connectivity index (χ2v) is 29.6. The van der Waals surface area contributed by atoms with E-state index in [9.17, 15) is 81.2 Å². The van der Waals surface area contributed by atoms with Crippen molar-refractivity contribution in [3.8, 4) is 0 Å². The number of aromatic amines is 3. The minimum Gasteiger partial charge on any atom is -0.432 e. The van der Waals surface area contributed by atoms with Gasteiger partial charge in [0.1, 0.15) is 55.1 Å². The molecule has 9 rings (SSSR count). The molecule has 1 aliphatic carbocycles. The fourth-order valence-electron chi connectivity index (χ4n) is 11.8. The van der Waals surface area contributed by atoms with Gasteiger partial charge in [-0.3, -0.25) is 52.1 Å². The number of alkyl halides is 3. The third-order valence-electron chi connectivity index (χ3n) is 16.5. The van der Waals surface area contributed by atoms with Gasteiger partial charge in [0.25, 0.3) is 23.2 Å². The van der Waals surface area contributed by atoms with Crippen LogP contribution in [0.4, 0.5) is 32.3 Å². The Balaban J connectivity index is 0.000000236. The van der Waals surface area contributed by atoms with Crippen molar-refractivity contribution in [2.24, 2.45) is 0 Å². The van der Waals surface area contributed by atoms with Gasteiger partial charge in [0.05, 0.1) is 44.2 Å². The molecule has 0 amide bonds. The molecule has 6 fully saturated rings. The number of rotatable bonds is 30. The van der Waals surface area contributed by atoms with Gasteiger partial charge in [-0.05, 0) is 89.0 Å². The predicted octanol–water partition coefficient (Wildman–Crippen LogP) is 3.37. The Bertz CT molecular complexity index is 3990. The highest BCUT2D eigenvalue weighted by molar-refractivity contribution is 7.48. The summed E-state index contributed by atoms with van der Waals surface area (Å²) >= 11 is 0. The molecule has 8 heterocycles.